The van der Waals surface area contributed by atoms with Crippen LogP contribution in [0.15, 0.2) is 35.5 Å². The highest BCUT2D eigenvalue weighted by Gasteiger charge is 2.65. The van der Waals surface area contributed by atoms with Gasteiger partial charge in [-0.15, -0.1) is 0 Å². The number of rotatable bonds is 6. The molecule has 0 bridgehead atoms. The van der Waals surface area contributed by atoms with Crippen molar-refractivity contribution in [1.82, 2.24) is 4.98 Å². The number of halogens is 5. The molecule has 13 heteroatoms. The van der Waals surface area contributed by atoms with Crippen molar-refractivity contribution in [1.29, 1.82) is 4.78 Å². The number of benzene rings is 1. The second kappa shape index (κ2) is 9.34. The average molecular weight is 522 g/mol. The van der Waals surface area contributed by atoms with Gasteiger partial charge in [0.25, 0.3) is 5.91 Å². The molecule has 0 radical (unpaired) electrons. The lowest BCUT2D eigenvalue weighted by molar-refractivity contribution is -0.272. The molecule has 1 fully saturated rings. The Hall–Kier alpha value is -2.80. The Kier molecular flexibility index (Phi) is 7.15. The van der Waals surface area contributed by atoms with Crippen LogP contribution in [0.1, 0.15) is 32.3 Å². The van der Waals surface area contributed by atoms with Gasteiger partial charge in [-0.05, 0) is 32.0 Å². The number of anilines is 1. The number of alkyl halides is 3. The second-order valence-electron chi connectivity index (χ2n) is 8.39. The van der Waals surface area contributed by atoms with Crippen molar-refractivity contribution in [2.45, 2.75) is 49.6 Å². The molecule has 2 aromatic rings. The summed E-state index contributed by atoms with van der Waals surface area (Å²) in [6, 6.07) is 4.28. The molecule has 5 atom stereocenters. The molecule has 0 aliphatic carbocycles. The Balaban J connectivity index is 2.10. The first-order chi connectivity index (χ1) is 16.1. The number of carbonyl (C=O) groups excluding carboxylic acids is 1. The van der Waals surface area contributed by atoms with Gasteiger partial charge in [0.15, 0.2) is 17.2 Å². The number of hydrogen-bond acceptors (Lipinski definition) is 6. The molecule has 192 valence electrons. The highest BCUT2D eigenvalue weighted by Crippen LogP contribution is 2.55. The molecule has 1 aromatic heterocycles. The Morgan fingerprint density at radius 3 is 2.54 bits per heavy atom. The van der Waals surface area contributed by atoms with Gasteiger partial charge in [0.2, 0.25) is 5.82 Å². The predicted molar refractivity (Wildman–Crippen MR) is 117 cm³/mol. The van der Waals surface area contributed by atoms with E-state index in [-0.39, 0.29) is 22.9 Å². The van der Waals surface area contributed by atoms with Crippen LogP contribution in [0.2, 0.25) is 0 Å². The highest BCUT2D eigenvalue weighted by molar-refractivity contribution is 7.91. The molecule has 1 aliphatic heterocycles. The third-order valence-corrected chi connectivity index (χ3v) is 7.08. The smallest absolute Gasteiger partial charge is 0.417 e. The van der Waals surface area contributed by atoms with Crippen LogP contribution >= 0.6 is 0 Å². The largest absolute Gasteiger partial charge is 0.490 e. The molecule has 35 heavy (non-hydrogen) atoms. The van der Waals surface area contributed by atoms with Crippen molar-refractivity contribution in [3.8, 4) is 5.75 Å². The van der Waals surface area contributed by atoms with E-state index >= 15 is 0 Å². The monoisotopic (exact) mass is 521 g/mol. The first-order valence-electron chi connectivity index (χ1n) is 10.5. The summed E-state index contributed by atoms with van der Waals surface area (Å²) < 4.78 is 101. The van der Waals surface area contributed by atoms with Gasteiger partial charge < -0.3 is 14.8 Å². The lowest BCUT2D eigenvalue weighted by Crippen LogP contribution is -2.47. The Morgan fingerprint density at radius 1 is 1.31 bits per heavy atom. The lowest BCUT2D eigenvalue weighted by atomic mass is 9.77. The van der Waals surface area contributed by atoms with Crippen LogP contribution in [-0.4, -0.2) is 45.8 Å². The fourth-order valence-electron chi connectivity index (χ4n) is 4.04. The maximum absolute atomic E-state index is 14.6. The first kappa shape index (κ1) is 26.8. The number of aromatic nitrogens is 1. The van der Waals surface area contributed by atoms with Crippen molar-refractivity contribution >= 4 is 21.3 Å². The minimum Gasteiger partial charge on any atom is -0.490 e. The van der Waals surface area contributed by atoms with Crippen molar-refractivity contribution < 1.29 is 40.4 Å². The Labute approximate surface area is 199 Å². The van der Waals surface area contributed by atoms with E-state index in [0.29, 0.717) is 0 Å². The third-order valence-electron chi connectivity index (χ3n) is 6.06. The summed E-state index contributed by atoms with van der Waals surface area (Å²) in [6.07, 6.45) is -4.38. The van der Waals surface area contributed by atoms with E-state index in [1.807, 2.05) is 0 Å². The standard InChI is InChI=1S/C22H24F5N3O4S/c1-5-33-18-13(6-7-14(23)17(18)24)16-11(2)21(3,22(25,26)27)34-19(16)20(31)30-12-8-9-29-15(10-12)35(4,28)32/h6-11,16,19,28H,5H2,1-4H3,(H,29,30,31)/t11-,16-,19+,21+,35-/m0/s1. The maximum atomic E-state index is 14.6. The Morgan fingerprint density at radius 2 is 1.97 bits per heavy atom. The van der Waals surface area contributed by atoms with Gasteiger partial charge in [0, 0.05) is 35.5 Å². The number of nitrogens with zero attached hydrogens (tertiary/aromatic N) is 1. The molecule has 0 saturated carbocycles. The SMILES string of the molecule is CCOc1c([C@H]2[C@H](C(=O)Nc3ccnc([S@@](C)(=N)=O)c3)O[C@@](C)(C(F)(F)F)[C@H]2C)ccc(F)c1F. The maximum Gasteiger partial charge on any atom is 0.417 e. The number of carbonyl (C=O) groups is 1. The van der Waals surface area contributed by atoms with Gasteiger partial charge in [-0.25, -0.2) is 18.4 Å². The number of pyridine rings is 1. The molecule has 0 unspecified atom stereocenters. The van der Waals surface area contributed by atoms with E-state index in [9.17, 15) is 31.0 Å². The minimum atomic E-state index is -4.90. The summed E-state index contributed by atoms with van der Waals surface area (Å²) in [5.74, 6) is -7.02. The molecule has 7 nitrogen and oxygen atoms in total. The Bertz CT molecular complexity index is 1240. The van der Waals surface area contributed by atoms with E-state index in [2.05, 4.69) is 10.3 Å². The quantitative estimate of drug-likeness (QED) is 0.528. The third kappa shape index (κ3) is 4.96. The van der Waals surface area contributed by atoms with Gasteiger partial charge >= 0.3 is 6.18 Å². The number of amides is 1. The van der Waals surface area contributed by atoms with E-state index in [1.54, 1.807) is 0 Å². The topological polar surface area (TPSA) is 101 Å². The summed E-state index contributed by atoms with van der Waals surface area (Å²) in [6.45, 7) is 3.38. The van der Waals surface area contributed by atoms with Gasteiger partial charge in [-0.3, -0.25) is 4.79 Å². The van der Waals surface area contributed by atoms with Crippen molar-refractivity contribution in [2.24, 2.45) is 5.92 Å². The van der Waals surface area contributed by atoms with Gasteiger partial charge in [0.1, 0.15) is 11.1 Å². The molecular formula is C22H24F5N3O4S. The number of ether oxygens (including phenoxy) is 2. The molecule has 2 N–H and O–H groups in total. The summed E-state index contributed by atoms with van der Waals surface area (Å²) in [4.78, 5) is 17.0. The molecule has 0 spiro atoms. The summed E-state index contributed by atoms with van der Waals surface area (Å²) in [5.41, 5.74) is -2.92. The summed E-state index contributed by atoms with van der Waals surface area (Å²) >= 11 is 0. The predicted octanol–water partition coefficient (Wildman–Crippen LogP) is 4.87. The summed E-state index contributed by atoms with van der Waals surface area (Å²) in [5, 5.41) is 2.25. The molecule has 1 amide bonds. The zero-order chi connectivity index (χ0) is 26.3. The summed E-state index contributed by atoms with van der Waals surface area (Å²) in [7, 11) is -3.24. The lowest BCUT2D eigenvalue weighted by Gasteiger charge is -2.32. The average Bonchev–Trinajstić information content (AvgIpc) is 3.03. The first-order valence-corrected chi connectivity index (χ1v) is 12.4. The number of nitrogens with one attached hydrogen (secondary N) is 2. The van der Waals surface area contributed by atoms with Crippen LogP contribution in [0.4, 0.5) is 27.6 Å². The van der Waals surface area contributed by atoms with Gasteiger partial charge in [0.05, 0.1) is 16.3 Å². The minimum absolute atomic E-state index is 0.0211. The van der Waals surface area contributed by atoms with Crippen LogP contribution in [-0.2, 0) is 19.3 Å². The van der Waals surface area contributed by atoms with Crippen molar-refractivity contribution in [3.63, 3.8) is 0 Å². The zero-order valence-electron chi connectivity index (χ0n) is 19.2. The fraction of sp³-hybridized carbons (Fsp3) is 0.455. The zero-order valence-corrected chi connectivity index (χ0v) is 20.0. The van der Waals surface area contributed by atoms with Crippen LogP contribution < -0.4 is 10.1 Å². The molecule has 1 aromatic carbocycles. The van der Waals surface area contributed by atoms with Gasteiger partial charge in [-0.1, -0.05) is 13.0 Å². The number of hydrogen-bond donors (Lipinski definition) is 2. The van der Waals surface area contributed by atoms with E-state index < -0.39 is 62.7 Å². The fourth-order valence-corrected chi connectivity index (χ4v) is 4.65. The van der Waals surface area contributed by atoms with E-state index in [0.717, 1.165) is 31.4 Å². The molecule has 1 saturated heterocycles. The van der Waals surface area contributed by atoms with Crippen molar-refractivity contribution in [3.05, 3.63) is 47.7 Å². The van der Waals surface area contributed by atoms with Crippen LogP contribution in [0.25, 0.3) is 0 Å². The molecular weight excluding hydrogens is 497 g/mol. The molecule has 3 rings (SSSR count). The van der Waals surface area contributed by atoms with Gasteiger partial charge in [-0.2, -0.15) is 17.6 Å². The van der Waals surface area contributed by atoms with Crippen LogP contribution in [0.3, 0.4) is 0 Å². The molecule has 1 aliphatic rings. The van der Waals surface area contributed by atoms with E-state index in [1.165, 1.54) is 26.1 Å². The van der Waals surface area contributed by atoms with Crippen LogP contribution in [0, 0.1) is 22.3 Å². The highest BCUT2D eigenvalue weighted by atomic mass is 32.2. The molecule has 2 heterocycles. The van der Waals surface area contributed by atoms with Crippen molar-refractivity contribution in [2.75, 3.05) is 18.2 Å². The second-order valence-corrected chi connectivity index (χ2v) is 10.5. The van der Waals surface area contributed by atoms with E-state index in [4.69, 9.17) is 14.3 Å². The normalized spacial score (nSPS) is 26.3. The van der Waals surface area contributed by atoms with Crippen LogP contribution in [0.5, 0.6) is 5.75 Å².